The topological polar surface area (TPSA) is 76.0 Å². The summed E-state index contributed by atoms with van der Waals surface area (Å²) in [5, 5.41) is 20.1. The third-order valence-corrected chi connectivity index (χ3v) is 4.55. The molecular formula is C14H17BrO5. The van der Waals surface area contributed by atoms with Crippen LogP contribution in [0.15, 0.2) is 10.5 Å². The van der Waals surface area contributed by atoms with Gasteiger partial charge in [-0.15, -0.1) is 0 Å². The van der Waals surface area contributed by atoms with Crippen LogP contribution in [0.2, 0.25) is 0 Å². The number of methoxy groups -OCH3 is 2. The van der Waals surface area contributed by atoms with Crippen molar-refractivity contribution in [2.45, 2.75) is 31.1 Å². The molecular weight excluding hydrogens is 328 g/mol. The number of hydrogen-bond acceptors (Lipinski definition) is 4. The molecule has 1 fully saturated rings. The molecule has 20 heavy (non-hydrogen) atoms. The minimum atomic E-state index is -1.12. The number of hydrogen-bond donors (Lipinski definition) is 2. The van der Waals surface area contributed by atoms with Gasteiger partial charge in [-0.2, -0.15) is 0 Å². The highest BCUT2D eigenvalue weighted by atomic mass is 79.9. The van der Waals surface area contributed by atoms with Crippen LogP contribution in [0, 0.1) is 0 Å². The van der Waals surface area contributed by atoms with E-state index in [4.69, 9.17) is 9.47 Å². The first-order chi connectivity index (χ1) is 9.47. The molecule has 0 unspecified atom stereocenters. The number of phenols is 1. The van der Waals surface area contributed by atoms with Crippen molar-refractivity contribution in [3.05, 3.63) is 16.1 Å². The van der Waals surface area contributed by atoms with E-state index in [2.05, 4.69) is 15.9 Å². The van der Waals surface area contributed by atoms with Gasteiger partial charge in [0.25, 0.3) is 0 Å². The average molecular weight is 345 g/mol. The molecule has 1 saturated carbocycles. The summed E-state index contributed by atoms with van der Waals surface area (Å²) < 4.78 is 11.0. The SMILES string of the molecule is COc1cc(Br)c(O)c(C2(C(=O)O)CCCC2)c1OC. The van der Waals surface area contributed by atoms with E-state index in [-0.39, 0.29) is 11.5 Å². The molecule has 2 rings (SSSR count). The third kappa shape index (κ3) is 2.12. The fraction of sp³-hybridized carbons (Fsp3) is 0.500. The van der Waals surface area contributed by atoms with E-state index in [0.717, 1.165) is 12.8 Å². The highest BCUT2D eigenvalue weighted by Gasteiger charge is 2.48. The fourth-order valence-corrected chi connectivity index (χ4v) is 3.35. The number of ether oxygens (including phenoxy) is 2. The van der Waals surface area contributed by atoms with Crippen LogP contribution < -0.4 is 9.47 Å². The monoisotopic (exact) mass is 344 g/mol. The van der Waals surface area contributed by atoms with Crippen LogP contribution in [-0.2, 0) is 10.2 Å². The number of aromatic hydroxyl groups is 1. The van der Waals surface area contributed by atoms with E-state index in [0.29, 0.717) is 28.6 Å². The molecule has 1 aromatic carbocycles. The Morgan fingerprint density at radius 1 is 1.30 bits per heavy atom. The van der Waals surface area contributed by atoms with E-state index < -0.39 is 11.4 Å². The van der Waals surface area contributed by atoms with Crippen LogP contribution in [0.25, 0.3) is 0 Å². The quantitative estimate of drug-likeness (QED) is 0.877. The summed E-state index contributed by atoms with van der Waals surface area (Å²) in [6, 6.07) is 1.57. The number of halogens is 1. The van der Waals surface area contributed by atoms with Gasteiger partial charge in [-0.1, -0.05) is 12.8 Å². The molecule has 0 aliphatic heterocycles. The van der Waals surface area contributed by atoms with Crippen molar-refractivity contribution in [3.63, 3.8) is 0 Å². The van der Waals surface area contributed by atoms with Crippen molar-refractivity contribution in [1.29, 1.82) is 0 Å². The van der Waals surface area contributed by atoms with Gasteiger partial charge in [0.05, 0.1) is 24.3 Å². The molecule has 0 spiro atoms. The molecule has 110 valence electrons. The van der Waals surface area contributed by atoms with Crippen molar-refractivity contribution >= 4 is 21.9 Å². The van der Waals surface area contributed by atoms with E-state index in [1.807, 2.05) is 0 Å². The summed E-state index contributed by atoms with van der Waals surface area (Å²) in [7, 11) is 2.92. The molecule has 5 nitrogen and oxygen atoms in total. The second-order valence-electron chi connectivity index (χ2n) is 4.91. The largest absolute Gasteiger partial charge is 0.506 e. The predicted molar refractivity (Wildman–Crippen MR) is 76.7 cm³/mol. The second-order valence-corrected chi connectivity index (χ2v) is 5.77. The molecule has 0 heterocycles. The van der Waals surface area contributed by atoms with E-state index >= 15 is 0 Å². The summed E-state index contributed by atoms with van der Waals surface area (Å²) in [5.41, 5.74) is -0.817. The van der Waals surface area contributed by atoms with Gasteiger partial charge >= 0.3 is 5.97 Å². The second kappa shape index (κ2) is 5.52. The molecule has 1 aliphatic rings. The van der Waals surface area contributed by atoms with Crippen molar-refractivity contribution in [3.8, 4) is 17.2 Å². The number of rotatable bonds is 4. The zero-order chi connectivity index (χ0) is 14.9. The summed E-state index contributed by atoms with van der Waals surface area (Å²) in [5.74, 6) is -0.340. The molecule has 0 aromatic heterocycles. The number of carboxylic acid groups (broad SMARTS) is 1. The summed E-state index contributed by atoms with van der Waals surface area (Å²) in [6.07, 6.45) is 2.57. The normalized spacial score (nSPS) is 16.9. The molecule has 1 aliphatic carbocycles. The van der Waals surface area contributed by atoms with Crippen LogP contribution in [0.4, 0.5) is 0 Å². The van der Waals surface area contributed by atoms with Crippen LogP contribution in [0.5, 0.6) is 17.2 Å². The van der Waals surface area contributed by atoms with Gasteiger partial charge in [0.1, 0.15) is 11.2 Å². The molecule has 2 N–H and O–H groups in total. The zero-order valence-corrected chi connectivity index (χ0v) is 13.0. The number of phenolic OH excluding ortho intramolecular Hbond substituents is 1. The Morgan fingerprint density at radius 3 is 2.35 bits per heavy atom. The zero-order valence-electron chi connectivity index (χ0n) is 11.4. The Labute approximate surface area is 125 Å². The maximum atomic E-state index is 11.8. The highest BCUT2D eigenvalue weighted by molar-refractivity contribution is 9.10. The summed E-state index contributed by atoms with van der Waals surface area (Å²) >= 11 is 3.24. The van der Waals surface area contributed by atoms with Crippen molar-refractivity contribution in [2.24, 2.45) is 0 Å². The predicted octanol–water partition coefficient (Wildman–Crippen LogP) is 3.07. The maximum Gasteiger partial charge on any atom is 0.314 e. The van der Waals surface area contributed by atoms with Crippen molar-refractivity contribution in [2.75, 3.05) is 14.2 Å². The van der Waals surface area contributed by atoms with E-state index in [1.165, 1.54) is 14.2 Å². The van der Waals surface area contributed by atoms with E-state index in [1.54, 1.807) is 6.07 Å². The lowest BCUT2D eigenvalue weighted by Gasteiger charge is -2.28. The molecule has 0 radical (unpaired) electrons. The first-order valence-electron chi connectivity index (χ1n) is 6.35. The highest BCUT2D eigenvalue weighted by Crippen LogP contribution is 2.53. The van der Waals surface area contributed by atoms with Gasteiger partial charge in [0, 0.05) is 6.07 Å². The Morgan fingerprint density at radius 2 is 1.90 bits per heavy atom. The van der Waals surface area contributed by atoms with Crippen molar-refractivity contribution < 1.29 is 24.5 Å². The summed E-state index contributed by atoms with van der Waals surface area (Å²) in [6.45, 7) is 0. The van der Waals surface area contributed by atoms with Gasteiger partial charge < -0.3 is 19.7 Å². The molecule has 0 saturated heterocycles. The third-order valence-electron chi connectivity index (χ3n) is 3.94. The van der Waals surface area contributed by atoms with Crippen LogP contribution >= 0.6 is 15.9 Å². The molecule has 0 amide bonds. The Hall–Kier alpha value is -1.43. The Bertz CT molecular complexity index is 535. The van der Waals surface area contributed by atoms with Crippen LogP contribution in [0.3, 0.4) is 0 Å². The number of carboxylic acids is 1. The molecule has 0 atom stereocenters. The Balaban J connectivity index is 2.77. The first-order valence-corrected chi connectivity index (χ1v) is 7.14. The smallest absolute Gasteiger partial charge is 0.314 e. The van der Waals surface area contributed by atoms with Crippen LogP contribution in [-0.4, -0.2) is 30.4 Å². The molecule has 1 aromatic rings. The average Bonchev–Trinajstić information content (AvgIpc) is 2.91. The lowest BCUT2D eigenvalue weighted by atomic mass is 9.77. The fourth-order valence-electron chi connectivity index (χ4n) is 2.95. The van der Waals surface area contributed by atoms with Crippen molar-refractivity contribution in [1.82, 2.24) is 0 Å². The standard InChI is InChI=1S/C14H17BrO5/c1-19-9-7-8(15)11(16)10(12(9)20-2)14(13(17)18)5-3-4-6-14/h7,16H,3-6H2,1-2H3,(H,17,18). The summed E-state index contributed by atoms with van der Waals surface area (Å²) in [4.78, 5) is 11.8. The Kier molecular flexibility index (Phi) is 4.13. The number of benzene rings is 1. The lowest BCUT2D eigenvalue weighted by molar-refractivity contribution is -0.143. The minimum absolute atomic E-state index is 0.0908. The van der Waals surface area contributed by atoms with Gasteiger partial charge in [-0.25, -0.2) is 0 Å². The van der Waals surface area contributed by atoms with E-state index in [9.17, 15) is 15.0 Å². The maximum absolute atomic E-state index is 11.8. The molecule has 0 bridgehead atoms. The minimum Gasteiger partial charge on any atom is -0.506 e. The number of aliphatic carboxylic acids is 1. The van der Waals surface area contributed by atoms with Gasteiger partial charge in [-0.3, -0.25) is 4.79 Å². The van der Waals surface area contributed by atoms with Crippen LogP contribution in [0.1, 0.15) is 31.2 Å². The van der Waals surface area contributed by atoms with Gasteiger partial charge in [0.2, 0.25) is 0 Å². The lowest BCUT2D eigenvalue weighted by Crippen LogP contribution is -2.33. The number of carbonyl (C=O) groups is 1. The molecule has 6 heteroatoms. The van der Waals surface area contributed by atoms with Gasteiger partial charge in [0.15, 0.2) is 11.5 Å². The van der Waals surface area contributed by atoms with Gasteiger partial charge in [-0.05, 0) is 28.8 Å². The first kappa shape index (κ1) is 15.0.